The van der Waals surface area contributed by atoms with Crippen LogP contribution in [0.25, 0.3) is 32.7 Å². The Morgan fingerprint density at radius 3 is 2.21 bits per heavy atom. The highest BCUT2D eigenvalue weighted by atomic mass is 35.7. The van der Waals surface area contributed by atoms with Crippen molar-refractivity contribution in [1.82, 2.24) is 0 Å². The third-order valence-electron chi connectivity index (χ3n) is 5.24. The summed E-state index contributed by atoms with van der Waals surface area (Å²) in [4.78, 5) is 0.645. The lowest BCUT2D eigenvalue weighted by Crippen LogP contribution is -1.99. The SMILES string of the molecule is COc1c(C)cc2cc(C)ccc2c1-c1c(S(=O)Cl)c(C)cc2ccccc12. The average Bonchev–Trinajstić information content (AvgIpc) is 2.65. The molecule has 0 bridgehead atoms. The molecule has 1 unspecified atom stereocenters. The van der Waals surface area contributed by atoms with Gasteiger partial charge in [0.15, 0.2) is 0 Å². The molecule has 0 aliphatic carbocycles. The molecule has 4 heteroatoms. The summed E-state index contributed by atoms with van der Waals surface area (Å²) < 4.78 is 18.5. The molecular weight excluding hydrogens is 388 g/mol. The smallest absolute Gasteiger partial charge is 0.148 e. The molecule has 0 N–H and O–H groups in total. The monoisotopic (exact) mass is 408 g/mol. The first-order valence-electron chi connectivity index (χ1n) is 9.11. The Balaban J connectivity index is 2.30. The van der Waals surface area contributed by atoms with Crippen LogP contribution in [-0.4, -0.2) is 11.3 Å². The number of hydrogen-bond donors (Lipinski definition) is 0. The van der Waals surface area contributed by atoms with E-state index in [1.807, 2.05) is 32.0 Å². The van der Waals surface area contributed by atoms with E-state index in [0.717, 1.165) is 49.5 Å². The van der Waals surface area contributed by atoms with Crippen molar-refractivity contribution < 1.29 is 8.95 Å². The highest BCUT2D eigenvalue weighted by molar-refractivity contribution is 8.08. The van der Waals surface area contributed by atoms with Gasteiger partial charge < -0.3 is 4.74 Å². The minimum Gasteiger partial charge on any atom is -0.496 e. The normalized spacial score (nSPS) is 12.5. The van der Waals surface area contributed by atoms with Crippen LogP contribution in [0.5, 0.6) is 5.75 Å². The van der Waals surface area contributed by atoms with Crippen LogP contribution < -0.4 is 4.74 Å². The summed E-state index contributed by atoms with van der Waals surface area (Å²) in [5.74, 6) is 0.787. The molecule has 0 aliphatic rings. The summed E-state index contributed by atoms with van der Waals surface area (Å²) in [6.45, 7) is 6.08. The summed E-state index contributed by atoms with van der Waals surface area (Å²) in [5, 5.41) is 4.30. The topological polar surface area (TPSA) is 26.3 Å². The van der Waals surface area contributed by atoms with Crippen molar-refractivity contribution >= 4 is 42.2 Å². The number of ether oxygens (including phenoxy) is 1. The predicted molar refractivity (Wildman–Crippen MR) is 120 cm³/mol. The summed E-state index contributed by atoms with van der Waals surface area (Å²) in [6.07, 6.45) is 0. The van der Waals surface area contributed by atoms with Crippen LogP contribution in [-0.2, 0) is 10.0 Å². The zero-order valence-electron chi connectivity index (χ0n) is 16.3. The van der Waals surface area contributed by atoms with Gasteiger partial charge in [0.25, 0.3) is 0 Å². The minimum absolute atomic E-state index is 0.645. The summed E-state index contributed by atoms with van der Waals surface area (Å²) >= 11 is 0. The number of benzene rings is 4. The molecule has 0 spiro atoms. The molecule has 4 aromatic rings. The van der Waals surface area contributed by atoms with E-state index in [1.54, 1.807) is 7.11 Å². The molecule has 0 saturated carbocycles. The Kier molecular flexibility index (Phi) is 4.90. The van der Waals surface area contributed by atoms with E-state index in [2.05, 4.69) is 43.3 Å². The van der Waals surface area contributed by atoms with E-state index in [0.29, 0.717) is 4.90 Å². The number of fused-ring (bicyclic) bond motifs is 2. The zero-order valence-corrected chi connectivity index (χ0v) is 17.9. The molecule has 0 aromatic heterocycles. The fourth-order valence-electron chi connectivity index (χ4n) is 4.08. The molecule has 0 fully saturated rings. The van der Waals surface area contributed by atoms with Crippen LogP contribution in [0.2, 0.25) is 0 Å². The van der Waals surface area contributed by atoms with Gasteiger partial charge in [-0.15, -0.1) is 0 Å². The van der Waals surface area contributed by atoms with E-state index in [4.69, 9.17) is 15.4 Å². The lowest BCUT2D eigenvalue weighted by Gasteiger charge is -2.20. The number of halogens is 1. The van der Waals surface area contributed by atoms with Crippen molar-refractivity contribution in [1.29, 1.82) is 0 Å². The molecule has 1 atom stereocenters. The molecule has 0 aliphatic heterocycles. The van der Waals surface area contributed by atoms with E-state index >= 15 is 0 Å². The van der Waals surface area contributed by atoms with Crippen molar-refractivity contribution in [3.63, 3.8) is 0 Å². The molecule has 142 valence electrons. The van der Waals surface area contributed by atoms with Gasteiger partial charge in [0.05, 0.1) is 12.0 Å². The Hall–Kier alpha value is -2.36. The van der Waals surface area contributed by atoms with Gasteiger partial charge in [-0.05, 0) is 70.2 Å². The Bertz CT molecular complexity index is 1260. The Morgan fingerprint density at radius 2 is 1.50 bits per heavy atom. The minimum atomic E-state index is -1.66. The second-order valence-corrected chi connectivity index (χ2v) is 8.86. The van der Waals surface area contributed by atoms with Gasteiger partial charge in [-0.2, -0.15) is 0 Å². The summed E-state index contributed by atoms with van der Waals surface area (Å²) in [7, 11) is 6.23. The molecule has 0 heterocycles. The van der Waals surface area contributed by atoms with Crippen LogP contribution >= 0.6 is 10.7 Å². The van der Waals surface area contributed by atoms with Crippen LogP contribution in [0.15, 0.2) is 59.5 Å². The second-order valence-electron chi connectivity index (χ2n) is 7.17. The molecule has 4 rings (SSSR count). The number of hydrogen-bond acceptors (Lipinski definition) is 2. The average molecular weight is 409 g/mol. The third-order valence-corrected chi connectivity index (χ3v) is 6.55. The Labute approximate surface area is 172 Å². The highest BCUT2D eigenvalue weighted by Crippen LogP contribution is 2.46. The quantitative estimate of drug-likeness (QED) is 0.346. The molecule has 0 radical (unpaired) electrons. The van der Waals surface area contributed by atoms with Crippen molar-refractivity contribution in [3.8, 4) is 16.9 Å². The van der Waals surface area contributed by atoms with E-state index in [9.17, 15) is 4.21 Å². The standard InChI is InChI=1S/C24H21ClO2S/c1-14-9-10-20-18(11-14)12-15(2)23(27-4)21(20)22-19-8-6-5-7-17(19)13-16(3)24(22)28(25)26/h5-13H,1-4H3. The molecule has 4 aromatic carbocycles. The van der Waals surface area contributed by atoms with Gasteiger partial charge >= 0.3 is 0 Å². The highest BCUT2D eigenvalue weighted by Gasteiger charge is 2.23. The van der Waals surface area contributed by atoms with Crippen molar-refractivity contribution in [2.75, 3.05) is 7.11 Å². The van der Waals surface area contributed by atoms with Crippen LogP contribution in [0.3, 0.4) is 0 Å². The maximum absolute atomic E-state index is 12.6. The first-order chi connectivity index (χ1) is 13.4. The van der Waals surface area contributed by atoms with Gasteiger partial charge in [-0.1, -0.05) is 54.1 Å². The largest absolute Gasteiger partial charge is 0.496 e. The predicted octanol–water partition coefficient (Wildman–Crippen LogP) is 6.86. The summed E-state index contributed by atoms with van der Waals surface area (Å²) in [6, 6.07) is 18.7. The number of methoxy groups -OCH3 is 1. The van der Waals surface area contributed by atoms with Gasteiger partial charge in [0.1, 0.15) is 15.8 Å². The van der Waals surface area contributed by atoms with E-state index in [-0.39, 0.29) is 0 Å². The lowest BCUT2D eigenvalue weighted by molar-refractivity contribution is 0.414. The van der Waals surface area contributed by atoms with Crippen molar-refractivity contribution in [2.24, 2.45) is 0 Å². The molecule has 0 amide bonds. The Morgan fingerprint density at radius 1 is 0.821 bits per heavy atom. The maximum Gasteiger partial charge on any atom is 0.148 e. The van der Waals surface area contributed by atoms with Crippen molar-refractivity contribution in [3.05, 3.63) is 71.3 Å². The van der Waals surface area contributed by atoms with Crippen LogP contribution in [0.1, 0.15) is 16.7 Å². The third kappa shape index (κ3) is 2.99. The second kappa shape index (κ2) is 7.23. The van der Waals surface area contributed by atoms with Gasteiger partial charge in [0.2, 0.25) is 0 Å². The number of aryl methyl sites for hydroxylation is 3. The van der Waals surface area contributed by atoms with E-state index < -0.39 is 10.0 Å². The van der Waals surface area contributed by atoms with E-state index in [1.165, 1.54) is 5.56 Å². The first-order valence-corrected chi connectivity index (χ1v) is 11.1. The zero-order chi connectivity index (χ0) is 20.0. The fraction of sp³-hybridized carbons (Fsp3) is 0.167. The molecule has 0 saturated heterocycles. The van der Waals surface area contributed by atoms with Gasteiger partial charge in [-0.25, -0.2) is 4.21 Å². The van der Waals surface area contributed by atoms with Gasteiger partial charge in [-0.3, -0.25) is 0 Å². The molecule has 2 nitrogen and oxygen atoms in total. The summed E-state index contributed by atoms with van der Waals surface area (Å²) in [5.41, 5.74) is 4.97. The fourth-order valence-corrected chi connectivity index (χ4v) is 5.36. The number of rotatable bonds is 3. The molecular formula is C24H21ClO2S. The van der Waals surface area contributed by atoms with Gasteiger partial charge in [0, 0.05) is 11.1 Å². The van der Waals surface area contributed by atoms with Crippen molar-refractivity contribution in [2.45, 2.75) is 25.7 Å². The maximum atomic E-state index is 12.6. The lowest BCUT2D eigenvalue weighted by atomic mass is 9.89. The van der Waals surface area contributed by atoms with Crippen LogP contribution in [0, 0.1) is 20.8 Å². The first kappa shape index (κ1) is 19.0. The molecule has 28 heavy (non-hydrogen) atoms. The van der Waals surface area contributed by atoms with Crippen LogP contribution in [0.4, 0.5) is 0 Å².